The Labute approximate surface area is 479 Å². The Bertz CT molecular complexity index is 2140. The number of nitrogens with zero attached hydrogens (tertiary/aromatic N) is 4. The third-order valence-corrected chi connectivity index (χ3v) is 16.4. The zero-order valence-corrected chi connectivity index (χ0v) is 46.2. The summed E-state index contributed by atoms with van der Waals surface area (Å²) in [7, 11) is 2.95. The molecule has 4 saturated heterocycles. The van der Waals surface area contributed by atoms with Crippen molar-refractivity contribution in [3.63, 3.8) is 0 Å². The summed E-state index contributed by atoms with van der Waals surface area (Å²) in [5, 5.41) is 177. The second-order valence-electron chi connectivity index (χ2n) is 21.9. The van der Waals surface area contributed by atoms with Crippen LogP contribution in [0.4, 0.5) is 0 Å². The van der Waals surface area contributed by atoms with E-state index in [1.807, 2.05) is 0 Å². The van der Waals surface area contributed by atoms with E-state index >= 15 is 0 Å². The number of ether oxygens (including phenoxy) is 8. The summed E-state index contributed by atoms with van der Waals surface area (Å²) in [6, 6.07) is -9.14. The number of guanidine groups is 4. The van der Waals surface area contributed by atoms with Crippen molar-refractivity contribution in [2.45, 2.75) is 209 Å². The fourth-order valence-corrected chi connectivity index (χ4v) is 11.6. The zero-order chi connectivity index (χ0) is 62.8. The molecule has 0 aromatic rings. The summed E-state index contributed by atoms with van der Waals surface area (Å²) in [4.78, 5) is 36.4. The van der Waals surface area contributed by atoms with Gasteiger partial charge in [-0.05, 0) is 53.9 Å². The van der Waals surface area contributed by atoms with Crippen molar-refractivity contribution in [1.29, 1.82) is 10.8 Å². The van der Waals surface area contributed by atoms with Gasteiger partial charge in [0.2, 0.25) is 0 Å². The van der Waals surface area contributed by atoms with Crippen LogP contribution in [0.2, 0.25) is 0 Å². The molecule has 482 valence electrons. The number of hydrogen-bond acceptors (Lipinski definition) is 30. The fraction of sp³-hybridized carbons (Fsp3) is 0.870. The molecular weight excluding hydrogens is 1130 g/mol. The fourth-order valence-electron chi connectivity index (χ4n) is 11.6. The number of carbonyl (C=O) groups excluding carboxylic acids is 2. The summed E-state index contributed by atoms with van der Waals surface area (Å²) >= 11 is 0. The third-order valence-electron chi connectivity index (χ3n) is 16.4. The maximum Gasteiger partial charge on any atom is 0.188 e. The van der Waals surface area contributed by atoms with Crippen LogP contribution < -0.4 is 45.0 Å². The smallest absolute Gasteiger partial charge is 0.188 e. The summed E-state index contributed by atoms with van der Waals surface area (Å²) in [5.74, 6) is -2.65. The van der Waals surface area contributed by atoms with Gasteiger partial charge in [-0.25, -0.2) is 9.98 Å². The number of rotatable bonds is 23. The van der Waals surface area contributed by atoms with E-state index in [0.717, 1.165) is 0 Å². The number of likely N-dealkylation sites (N-methyl/N-ethyl adjacent to an activating group) is 2. The Balaban J connectivity index is 1.20. The van der Waals surface area contributed by atoms with Crippen molar-refractivity contribution < 1.29 is 119 Å². The second kappa shape index (κ2) is 28.1. The number of nitrogens with two attached hydrogens (primary N) is 6. The Morgan fingerprint density at radius 3 is 1.14 bits per heavy atom. The molecule has 30 N–H and O–H groups in total. The number of aldehydes is 2. The molecule has 84 heavy (non-hydrogen) atoms. The number of carbonyl (C=O) groups is 2. The molecule has 6 fully saturated rings. The highest BCUT2D eigenvalue weighted by Crippen LogP contribution is 2.41. The van der Waals surface area contributed by atoms with Crippen LogP contribution in [0.15, 0.2) is 9.98 Å². The van der Waals surface area contributed by atoms with Gasteiger partial charge in [-0.3, -0.25) is 30.2 Å². The lowest BCUT2D eigenvalue weighted by Crippen LogP contribution is -2.70. The zero-order valence-electron chi connectivity index (χ0n) is 46.2. The van der Waals surface area contributed by atoms with Crippen molar-refractivity contribution in [3.8, 4) is 0 Å². The molecular formula is C46H84N14O24. The SMILES string of the molecule is C[C@@H]1O[C@@H](O[C@@H]2C(O)[C@@H](O)C(NC(=N)N)C(O)[C@@H]2N=C(N)N)C(O[C@@H]2OC(CO)[C@H](O)[C@H](O)C2N(C)CCCCN(C)C2[C@H](OC3[C@H](O[C@@H]4C(O)[C@@H](O)C(NC(=N)N)C(O)[C@@H]4N=C(N)N)O[C@@H](C)[C@@]3(O)C=O)OC(CO)[C@H](O)[C@@H]2O)[C@]1(O)C=O. The first-order valence-corrected chi connectivity index (χ1v) is 26.8. The van der Waals surface area contributed by atoms with Crippen molar-refractivity contribution in [3.05, 3.63) is 0 Å². The molecule has 2 aliphatic carbocycles. The predicted molar refractivity (Wildman–Crippen MR) is 281 cm³/mol. The first-order chi connectivity index (χ1) is 39.3. The summed E-state index contributed by atoms with van der Waals surface area (Å²) < 4.78 is 48.2. The molecule has 4 aliphatic heterocycles. The Morgan fingerprint density at radius 1 is 0.524 bits per heavy atom. The first-order valence-electron chi connectivity index (χ1n) is 26.8. The van der Waals surface area contributed by atoms with E-state index < -0.39 is 220 Å². The molecule has 4 heterocycles. The first kappa shape index (κ1) is 68.6. The van der Waals surface area contributed by atoms with Gasteiger partial charge in [0.15, 0.2) is 72.8 Å². The highest BCUT2D eigenvalue weighted by molar-refractivity contribution is 5.77. The van der Waals surface area contributed by atoms with Crippen molar-refractivity contribution >= 4 is 36.4 Å². The largest absolute Gasteiger partial charge is 0.394 e. The van der Waals surface area contributed by atoms with E-state index in [1.54, 1.807) is 0 Å². The van der Waals surface area contributed by atoms with Gasteiger partial charge < -0.3 is 154 Å². The molecule has 2 saturated carbocycles. The quantitative estimate of drug-likeness (QED) is 0.0195. The number of nitrogens with one attached hydrogen (secondary N) is 4. The molecule has 12 unspecified atom stereocenters. The summed E-state index contributed by atoms with van der Waals surface area (Å²) in [5.41, 5.74) is 28.2. The van der Waals surface area contributed by atoms with Gasteiger partial charge in [-0.2, -0.15) is 0 Å². The minimum absolute atomic E-state index is 0.00874. The molecule has 0 aromatic carbocycles. The number of aliphatic imine (C=N–C) groups is 2. The van der Waals surface area contributed by atoms with Gasteiger partial charge in [-0.1, -0.05) is 0 Å². The average Bonchev–Trinajstić information content (AvgIpc) is 4.00. The Morgan fingerprint density at radius 2 is 0.857 bits per heavy atom. The van der Waals surface area contributed by atoms with Crippen LogP contribution in [0.1, 0.15) is 26.7 Å². The third kappa shape index (κ3) is 13.9. The highest BCUT2D eigenvalue weighted by Gasteiger charge is 2.63. The van der Waals surface area contributed by atoms with Crippen LogP contribution in [-0.4, -0.2) is 341 Å². The lowest BCUT2D eigenvalue weighted by atomic mass is 9.81. The monoisotopic (exact) mass is 1220 g/mol. The van der Waals surface area contributed by atoms with Gasteiger partial charge in [0.25, 0.3) is 0 Å². The van der Waals surface area contributed by atoms with E-state index in [4.69, 9.17) is 83.1 Å². The highest BCUT2D eigenvalue weighted by atomic mass is 16.8. The van der Waals surface area contributed by atoms with Crippen molar-refractivity contribution in [2.24, 2.45) is 44.4 Å². The average molecular weight is 1220 g/mol. The molecule has 0 amide bonds. The van der Waals surface area contributed by atoms with Crippen LogP contribution in [-0.2, 0) is 47.5 Å². The number of hydrogen-bond donors (Lipinski definition) is 24. The minimum atomic E-state index is -2.61. The Kier molecular flexibility index (Phi) is 22.9. The van der Waals surface area contributed by atoms with Crippen molar-refractivity contribution in [1.82, 2.24) is 20.4 Å². The normalized spacial score (nSPS) is 46.1. The van der Waals surface area contributed by atoms with E-state index in [0.29, 0.717) is 0 Å². The van der Waals surface area contributed by atoms with Crippen LogP contribution in [0.25, 0.3) is 0 Å². The van der Waals surface area contributed by atoms with E-state index in [9.17, 15) is 81.1 Å². The summed E-state index contributed by atoms with van der Waals surface area (Å²) in [6.07, 6.45) is -38.9. The molecule has 0 aromatic heterocycles. The van der Waals surface area contributed by atoms with Gasteiger partial charge in [0, 0.05) is 0 Å². The molecule has 0 bridgehead atoms. The second-order valence-corrected chi connectivity index (χ2v) is 21.9. The van der Waals surface area contributed by atoms with Crippen molar-refractivity contribution in [2.75, 3.05) is 40.4 Å². The van der Waals surface area contributed by atoms with Gasteiger partial charge in [-0.15, -0.1) is 0 Å². The Hall–Kier alpha value is -4.54. The molecule has 0 spiro atoms. The van der Waals surface area contributed by atoms with E-state index in [-0.39, 0.29) is 38.5 Å². The molecule has 38 heteroatoms. The number of aliphatic hydroxyl groups excluding tert-OH is 12. The van der Waals surface area contributed by atoms with Crippen LogP contribution >= 0.6 is 0 Å². The predicted octanol–water partition coefficient (Wildman–Crippen LogP) is -14.7. The molecule has 0 radical (unpaired) electrons. The topological polar surface area (TPSA) is 650 Å². The number of aliphatic hydroxyl groups is 14. The lowest BCUT2D eigenvalue weighted by Gasteiger charge is -2.48. The molecule has 6 rings (SSSR count). The van der Waals surface area contributed by atoms with Gasteiger partial charge in [0.05, 0.1) is 49.6 Å². The minimum Gasteiger partial charge on any atom is -0.394 e. The molecule has 38 nitrogen and oxygen atoms in total. The van der Waals surface area contributed by atoms with Crippen LogP contribution in [0.3, 0.4) is 0 Å². The standard InChI is InChI=1S/C46H84N14O24/c1-13-45(75,11-63)35(39(77-13)81-33-19(57-43(51)52)25(67)17(55-41(47)48)27(69)31(33)73)83-37-21(29(71)23(65)15(9-61)79-37)59(3)7-5-6-8-60(4)22-30(72)24(66)16(10-62)80-38(22)84-36-40(78-14(2)46(36,76)12-64)82-34-20(58-44(53)54)26(68)18(56-42(49)50)28(70)32(34)74/h11-40,61-62,65-76H,5-10H2,1-4H3,(H4,47,48,55)(H4,49,50,56)(H4,51,52,57)(H4,53,54,58)/t13-,14-,15?,16?,17?,18?,19-,20-,21?,22?,23-,24-,25?,26?,27-,28-,29+,30+,31?,32?,33-,34-,35?,36?,37-,38-,39-,40-,45-,46-/m0/s1. The lowest BCUT2D eigenvalue weighted by molar-refractivity contribution is -0.324. The van der Waals surface area contributed by atoms with Crippen LogP contribution in [0, 0.1) is 10.8 Å². The number of unbranched alkanes of at least 4 members (excludes halogenated alkanes) is 1. The van der Waals surface area contributed by atoms with Crippen LogP contribution in [0.5, 0.6) is 0 Å². The maximum atomic E-state index is 12.8. The molecule has 30 atom stereocenters. The maximum absolute atomic E-state index is 12.8. The van der Waals surface area contributed by atoms with E-state index in [1.165, 1.54) is 37.7 Å². The molecule has 6 aliphatic rings. The summed E-state index contributed by atoms with van der Waals surface area (Å²) in [6.45, 7) is 0.781. The van der Waals surface area contributed by atoms with E-state index in [2.05, 4.69) is 20.6 Å². The van der Waals surface area contributed by atoms with Gasteiger partial charge >= 0.3 is 0 Å². The van der Waals surface area contributed by atoms with Gasteiger partial charge in [0.1, 0.15) is 110 Å².